The Bertz CT molecular complexity index is 511. The summed E-state index contributed by atoms with van der Waals surface area (Å²) in [5.41, 5.74) is 4.31. The fourth-order valence-electron chi connectivity index (χ4n) is 2.51. The first-order valence-corrected chi connectivity index (χ1v) is 6.42. The van der Waals surface area contributed by atoms with Gasteiger partial charge in [-0.2, -0.15) is 0 Å². The molecule has 1 aromatic heterocycles. The van der Waals surface area contributed by atoms with Crippen LogP contribution in [-0.2, 0) is 19.9 Å². The molecule has 0 amide bonds. The maximum Gasteiger partial charge on any atom is 0.0483 e. The molecule has 0 bridgehead atoms. The van der Waals surface area contributed by atoms with Gasteiger partial charge in [0.2, 0.25) is 0 Å². The van der Waals surface area contributed by atoms with E-state index in [1.165, 1.54) is 28.6 Å². The van der Waals surface area contributed by atoms with Gasteiger partial charge in [-0.3, -0.25) is 0 Å². The first kappa shape index (κ1) is 11.6. The zero-order chi connectivity index (χ0) is 11.7. The molecule has 0 saturated heterocycles. The van der Waals surface area contributed by atoms with Gasteiger partial charge in [-0.1, -0.05) is 20.3 Å². The van der Waals surface area contributed by atoms with Gasteiger partial charge < -0.3 is 4.57 Å². The van der Waals surface area contributed by atoms with E-state index in [0.717, 1.165) is 17.7 Å². The molecule has 0 N–H and O–H groups in total. The zero-order valence-corrected chi connectivity index (χ0v) is 11.1. The van der Waals surface area contributed by atoms with Gasteiger partial charge in [0.05, 0.1) is 0 Å². The lowest BCUT2D eigenvalue weighted by Gasteiger charge is -2.04. The van der Waals surface area contributed by atoms with Gasteiger partial charge in [0.15, 0.2) is 0 Å². The summed E-state index contributed by atoms with van der Waals surface area (Å²) in [4.78, 5) is 1.05. The summed E-state index contributed by atoms with van der Waals surface area (Å²) in [5, 5.41) is 1.38. The summed E-state index contributed by atoms with van der Waals surface area (Å²) in [6, 6.07) is 6.44. The van der Waals surface area contributed by atoms with Crippen LogP contribution in [0, 0.1) is 0 Å². The molecule has 86 valence electrons. The van der Waals surface area contributed by atoms with E-state index in [1.807, 2.05) is 0 Å². The van der Waals surface area contributed by atoms with Crippen molar-refractivity contribution >= 4 is 23.5 Å². The summed E-state index contributed by atoms with van der Waals surface area (Å²) in [5.74, 6) is 0. The molecular formula is C14H19NS. The van der Waals surface area contributed by atoms with Crippen LogP contribution in [0.2, 0.25) is 0 Å². The lowest BCUT2D eigenvalue weighted by atomic mass is 10.1. The van der Waals surface area contributed by atoms with E-state index in [0.29, 0.717) is 0 Å². The van der Waals surface area contributed by atoms with Crippen LogP contribution in [0.1, 0.15) is 31.5 Å². The van der Waals surface area contributed by atoms with Gasteiger partial charge in [-0.05, 0) is 36.6 Å². The summed E-state index contributed by atoms with van der Waals surface area (Å²) < 4.78 is 2.34. The Morgan fingerprint density at radius 3 is 2.62 bits per heavy atom. The number of hydrogen-bond donors (Lipinski definition) is 1. The van der Waals surface area contributed by atoms with Crippen molar-refractivity contribution in [2.75, 3.05) is 0 Å². The van der Waals surface area contributed by atoms with Crippen LogP contribution in [0.5, 0.6) is 0 Å². The predicted molar refractivity (Wildman–Crippen MR) is 73.5 cm³/mol. The Hall–Kier alpha value is -0.890. The molecule has 0 aliphatic carbocycles. The summed E-state index contributed by atoms with van der Waals surface area (Å²) in [6.45, 7) is 4.47. The molecule has 0 aliphatic heterocycles. The van der Waals surface area contributed by atoms with Crippen LogP contribution in [-0.4, -0.2) is 4.57 Å². The normalized spacial score (nSPS) is 11.2. The SMILES string of the molecule is CCCc1c(CC)c2cc(S)ccc2n1C. The largest absolute Gasteiger partial charge is 0.347 e. The topological polar surface area (TPSA) is 4.93 Å². The second-order valence-electron chi connectivity index (χ2n) is 4.29. The van der Waals surface area contributed by atoms with Gasteiger partial charge >= 0.3 is 0 Å². The van der Waals surface area contributed by atoms with Gasteiger partial charge in [0, 0.05) is 28.5 Å². The highest BCUT2D eigenvalue weighted by molar-refractivity contribution is 7.80. The highest BCUT2D eigenvalue weighted by atomic mass is 32.1. The minimum atomic E-state index is 1.05. The van der Waals surface area contributed by atoms with E-state index in [-0.39, 0.29) is 0 Å². The molecule has 1 aromatic carbocycles. The van der Waals surface area contributed by atoms with E-state index < -0.39 is 0 Å². The van der Waals surface area contributed by atoms with Gasteiger partial charge in [-0.15, -0.1) is 12.6 Å². The highest BCUT2D eigenvalue weighted by Crippen LogP contribution is 2.28. The third kappa shape index (κ3) is 1.75. The number of fused-ring (bicyclic) bond motifs is 1. The average molecular weight is 233 g/mol. The number of thiol groups is 1. The Morgan fingerprint density at radius 1 is 1.25 bits per heavy atom. The van der Waals surface area contributed by atoms with Crippen LogP contribution in [0.3, 0.4) is 0 Å². The fraction of sp³-hybridized carbons (Fsp3) is 0.429. The van der Waals surface area contributed by atoms with Crippen LogP contribution in [0.25, 0.3) is 10.9 Å². The third-order valence-electron chi connectivity index (χ3n) is 3.26. The summed E-state index contributed by atoms with van der Waals surface area (Å²) in [7, 11) is 2.17. The number of hydrogen-bond acceptors (Lipinski definition) is 1. The lowest BCUT2D eigenvalue weighted by Crippen LogP contribution is -1.98. The molecule has 0 spiro atoms. The van der Waals surface area contributed by atoms with Crippen molar-refractivity contribution in [3.63, 3.8) is 0 Å². The Labute approximate surface area is 103 Å². The first-order valence-electron chi connectivity index (χ1n) is 5.98. The molecule has 0 fully saturated rings. The molecule has 0 atom stereocenters. The van der Waals surface area contributed by atoms with Crippen LogP contribution in [0.15, 0.2) is 23.1 Å². The van der Waals surface area contributed by atoms with Crippen molar-refractivity contribution in [2.45, 2.75) is 38.0 Å². The molecule has 2 aromatic rings. The zero-order valence-electron chi connectivity index (χ0n) is 10.2. The lowest BCUT2D eigenvalue weighted by molar-refractivity contribution is 0.790. The van der Waals surface area contributed by atoms with Gasteiger partial charge in [0.1, 0.15) is 0 Å². The minimum absolute atomic E-state index is 1.05. The first-order chi connectivity index (χ1) is 7.69. The van der Waals surface area contributed by atoms with Crippen molar-refractivity contribution in [1.29, 1.82) is 0 Å². The average Bonchev–Trinajstić information content (AvgIpc) is 2.52. The molecule has 0 aliphatic rings. The van der Waals surface area contributed by atoms with Gasteiger partial charge in [-0.25, -0.2) is 0 Å². The molecule has 1 heterocycles. The molecule has 16 heavy (non-hydrogen) atoms. The van der Waals surface area contributed by atoms with Crippen LogP contribution in [0.4, 0.5) is 0 Å². The van der Waals surface area contributed by atoms with Crippen molar-refractivity contribution < 1.29 is 0 Å². The Kier molecular flexibility index (Phi) is 3.29. The number of rotatable bonds is 3. The standard InChI is InChI=1S/C14H19NS/c1-4-6-13-11(5-2)12-9-10(16)7-8-14(12)15(13)3/h7-9,16H,4-6H2,1-3H3. The molecule has 0 saturated carbocycles. The van der Waals surface area contributed by atoms with E-state index >= 15 is 0 Å². The molecule has 2 heteroatoms. The highest BCUT2D eigenvalue weighted by Gasteiger charge is 2.12. The van der Waals surface area contributed by atoms with Crippen molar-refractivity contribution in [2.24, 2.45) is 7.05 Å². The summed E-state index contributed by atoms with van der Waals surface area (Å²) >= 11 is 4.43. The smallest absolute Gasteiger partial charge is 0.0483 e. The molecule has 1 nitrogen and oxygen atoms in total. The van der Waals surface area contributed by atoms with E-state index in [9.17, 15) is 0 Å². The number of benzene rings is 1. The number of nitrogens with zero attached hydrogens (tertiary/aromatic N) is 1. The van der Waals surface area contributed by atoms with Crippen LogP contribution >= 0.6 is 12.6 Å². The van der Waals surface area contributed by atoms with Crippen molar-refractivity contribution in [1.82, 2.24) is 4.57 Å². The maximum atomic E-state index is 4.43. The minimum Gasteiger partial charge on any atom is -0.347 e. The monoisotopic (exact) mass is 233 g/mol. The van der Waals surface area contributed by atoms with Crippen molar-refractivity contribution in [3.8, 4) is 0 Å². The van der Waals surface area contributed by atoms with Crippen molar-refractivity contribution in [3.05, 3.63) is 29.5 Å². The third-order valence-corrected chi connectivity index (χ3v) is 3.54. The second kappa shape index (κ2) is 4.54. The van der Waals surface area contributed by atoms with Crippen LogP contribution < -0.4 is 0 Å². The quantitative estimate of drug-likeness (QED) is 0.765. The van der Waals surface area contributed by atoms with E-state index in [2.05, 4.69) is 56.3 Å². The molecule has 2 rings (SSSR count). The maximum absolute atomic E-state index is 4.43. The second-order valence-corrected chi connectivity index (χ2v) is 4.81. The number of aromatic nitrogens is 1. The number of aryl methyl sites for hydroxylation is 2. The Morgan fingerprint density at radius 2 is 2.00 bits per heavy atom. The predicted octanol–water partition coefficient (Wildman–Crippen LogP) is 3.98. The molecular weight excluding hydrogens is 214 g/mol. The summed E-state index contributed by atoms with van der Waals surface area (Å²) in [6.07, 6.45) is 3.46. The Balaban J connectivity index is 2.74. The molecule has 0 unspecified atom stereocenters. The van der Waals surface area contributed by atoms with Gasteiger partial charge in [0.25, 0.3) is 0 Å². The van der Waals surface area contributed by atoms with E-state index in [1.54, 1.807) is 0 Å². The fourth-order valence-corrected chi connectivity index (χ4v) is 2.72. The van der Waals surface area contributed by atoms with E-state index in [4.69, 9.17) is 0 Å². The molecule has 0 radical (unpaired) electrons.